The van der Waals surface area contributed by atoms with Crippen LogP contribution in [0.4, 0.5) is 0 Å². The van der Waals surface area contributed by atoms with Crippen molar-refractivity contribution in [2.75, 3.05) is 26.3 Å². The molecule has 0 bridgehead atoms. The predicted octanol–water partition coefficient (Wildman–Crippen LogP) is 2.02. The van der Waals surface area contributed by atoms with Gasteiger partial charge in [-0.15, -0.1) is 11.3 Å². The highest BCUT2D eigenvalue weighted by Gasteiger charge is 2.10. The number of nitrogens with zero attached hydrogens (tertiary/aromatic N) is 2. The maximum absolute atomic E-state index is 5.77. The summed E-state index contributed by atoms with van der Waals surface area (Å²) in [4.78, 5) is 7.65. The molecule has 0 unspecified atom stereocenters. The van der Waals surface area contributed by atoms with E-state index in [-0.39, 0.29) is 0 Å². The van der Waals surface area contributed by atoms with Crippen molar-refractivity contribution in [2.24, 2.45) is 0 Å². The first-order chi connectivity index (χ1) is 6.84. The van der Waals surface area contributed by atoms with Crippen LogP contribution >= 0.6 is 22.9 Å². The summed E-state index contributed by atoms with van der Waals surface area (Å²) in [7, 11) is 0. The summed E-state index contributed by atoms with van der Waals surface area (Å²) in [6.45, 7) is 4.80. The zero-order valence-electron chi connectivity index (χ0n) is 7.91. The summed E-state index contributed by atoms with van der Waals surface area (Å²) in [5, 5.41) is 0. The second-order valence-corrected chi connectivity index (χ2v) is 5.02. The average molecular weight is 233 g/mol. The van der Waals surface area contributed by atoms with E-state index in [9.17, 15) is 0 Å². The zero-order valence-corrected chi connectivity index (χ0v) is 9.48. The van der Waals surface area contributed by atoms with Crippen LogP contribution in [-0.4, -0.2) is 36.2 Å². The number of ether oxygens (including phenoxy) is 1. The van der Waals surface area contributed by atoms with Crippen LogP contribution in [0, 0.1) is 0 Å². The van der Waals surface area contributed by atoms with E-state index in [1.165, 1.54) is 4.88 Å². The molecule has 0 atom stereocenters. The Morgan fingerprint density at radius 3 is 3.21 bits per heavy atom. The topological polar surface area (TPSA) is 25.4 Å². The smallest absolute Gasteiger partial charge is 0.183 e. The lowest BCUT2D eigenvalue weighted by Gasteiger charge is -2.17. The molecule has 1 aliphatic rings. The summed E-state index contributed by atoms with van der Waals surface area (Å²) in [6.07, 6.45) is 2.98. The first-order valence-electron chi connectivity index (χ1n) is 4.75. The van der Waals surface area contributed by atoms with E-state index in [2.05, 4.69) is 9.88 Å². The standard InChI is InChI=1S/C9H13ClN2OS/c10-9-11-6-8(14-9)7-12-2-1-4-13-5-3-12/h6H,1-5,7H2. The van der Waals surface area contributed by atoms with Gasteiger partial charge in [0.1, 0.15) is 0 Å². The molecule has 78 valence electrons. The summed E-state index contributed by atoms with van der Waals surface area (Å²) in [6, 6.07) is 0. The van der Waals surface area contributed by atoms with Crippen molar-refractivity contribution in [3.63, 3.8) is 0 Å². The molecule has 0 aliphatic carbocycles. The van der Waals surface area contributed by atoms with E-state index in [4.69, 9.17) is 16.3 Å². The normalized spacial score (nSPS) is 19.5. The predicted molar refractivity (Wildman–Crippen MR) is 57.8 cm³/mol. The Balaban J connectivity index is 1.89. The molecule has 0 spiro atoms. The molecule has 0 saturated carbocycles. The summed E-state index contributed by atoms with van der Waals surface area (Å²) in [5.41, 5.74) is 0. The first kappa shape index (κ1) is 10.4. The summed E-state index contributed by atoms with van der Waals surface area (Å²) >= 11 is 7.33. The largest absolute Gasteiger partial charge is 0.380 e. The van der Waals surface area contributed by atoms with Crippen LogP contribution in [0.2, 0.25) is 4.47 Å². The van der Waals surface area contributed by atoms with Crippen molar-refractivity contribution >= 4 is 22.9 Å². The number of hydrogen-bond donors (Lipinski definition) is 0. The van der Waals surface area contributed by atoms with Crippen molar-refractivity contribution in [1.29, 1.82) is 0 Å². The molecule has 1 aromatic rings. The molecule has 1 saturated heterocycles. The van der Waals surface area contributed by atoms with E-state index in [0.717, 1.165) is 39.3 Å². The SMILES string of the molecule is Clc1ncc(CN2CCCOCC2)s1. The first-order valence-corrected chi connectivity index (χ1v) is 5.94. The van der Waals surface area contributed by atoms with Crippen LogP contribution in [0.15, 0.2) is 6.20 Å². The fraction of sp³-hybridized carbons (Fsp3) is 0.667. The highest BCUT2D eigenvalue weighted by Crippen LogP contribution is 2.19. The highest BCUT2D eigenvalue weighted by molar-refractivity contribution is 7.15. The minimum absolute atomic E-state index is 0.631. The Hall–Kier alpha value is -0.160. The molecule has 2 heterocycles. The molecule has 1 fully saturated rings. The van der Waals surface area contributed by atoms with Gasteiger partial charge in [0.2, 0.25) is 0 Å². The van der Waals surface area contributed by atoms with E-state index < -0.39 is 0 Å². The third kappa shape index (κ3) is 2.92. The lowest BCUT2D eigenvalue weighted by atomic mass is 10.4. The van der Waals surface area contributed by atoms with Gasteiger partial charge in [0.05, 0.1) is 6.61 Å². The summed E-state index contributed by atoms with van der Waals surface area (Å²) in [5.74, 6) is 0. The lowest BCUT2D eigenvalue weighted by molar-refractivity contribution is 0.140. The van der Waals surface area contributed by atoms with Crippen molar-refractivity contribution in [3.05, 3.63) is 15.5 Å². The number of thiazole rings is 1. The van der Waals surface area contributed by atoms with Crippen molar-refractivity contribution in [3.8, 4) is 0 Å². The second-order valence-electron chi connectivity index (χ2n) is 3.32. The van der Waals surface area contributed by atoms with Gasteiger partial charge in [0.15, 0.2) is 4.47 Å². The Kier molecular flexibility index (Phi) is 3.75. The number of rotatable bonds is 2. The number of halogens is 1. The van der Waals surface area contributed by atoms with E-state index in [0.29, 0.717) is 4.47 Å². The molecule has 0 amide bonds. The third-order valence-corrected chi connectivity index (χ3v) is 3.32. The van der Waals surface area contributed by atoms with E-state index in [1.54, 1.807) is 11.3 Å². The molecule has 2 rings (SSSR count). The van der Waals surface area contributed by atoms with Crippen molar-refractivity contribution in [1.82, 2.24) is 9.88 Å². The van der Waals surface area contributed by atoms with Crippen molar-refractivity contribution in [2.45, 2.75) is 13.0 Å². The van der Waals surface area contributed by atoms with Gasteiger partial charge in [-0.1, -0.05) is 11.6 Å². The molecule has 14 heavy (non-hydrogen) atoms. The minimum atomic E-state index is 0.631. The van der Waals surface area contributed by atoms with Gasteiger partial charge < -0.3 is 4.74 Å². The minimum Gasteiger partial charge on any atom is -0.380 e. The van der Waals surface area contributed by atoms with Gasteiger partial charge in [-0.3, -0.25) is 4.90 Å². The fourth-order valence-electron chi connectivity index (χ4n) is 1.53. The van der Waals surface area contributed by atoms with Crippen LogP contribution in [0.5, 0.6) is 0 Å². The molecular weight excluding hydrogens is 220 g/mol. The van der Waals surface area contributed by atoms with E-state index >= 15 is 0 Å². The molecule has 3 nitrogen and oxygen atoms in total. The van der Waals surface area contributed by atoms with Gasteiger partial charge in [0, 0.05) is 37.3 Å². The Labute approximate surface area is 92.7 Å². The molecule has 5 heteroatoms. The number of hydrogen-bond acceptors (Lipinski definition) is 4. The lowest BCUT2D eigenvalue weighted by Crippen LogP contribution is -2.25. The summed E-state index contributed by atoms with van der Waals surface area (Å²) < 4.78 is 6.02. The van der Waals surface area contributed by atoms with Crippen LogP contribution in [0.1, 0.15) is 11.3 Å². The van der Waals surface area contributed by atoms with Gasteiger partial charge in [-0.2, -0.15) is 0 Å². The van der Waals surface area contributed by atoms with Gasteiger partial charge >= 0.3 is 0 Å². The zero-order chi connectivity index (χ0) is 9.80. The Morgan fingerprint density at radius 2 is 2.43 bits per heavy atom. The molecule has 0 N–H and O–H groups in total. The maximum atomic E-state index is 5.77. The molecule has 0 aromatic carbocycles. The quantitative estimate of drug-likeness (QED) is 0.780. The maximum Gasteiger partial charge on any atom is 0.183 e. The fourth-order valence-corrected chi connectivity index (χ4v) is 2.55. The van der Waals surface area contributed by atoms with Gasteiger partial charge in [-0.25, -0.2) is 4.98 Å². The van der Waals surface area contributed by atoms with E-state index in [1.807, 2.05) is 6.20 Å². The second kappa shape index (κ2) is 5.07. The molecule has 1 aliphatic heterocycles. The number of aromatic nitrogens is 1. The van der Waals surface area contributed by atoms with Crippen LogP contribution in [0.25, 0.3) is 0 Å². The Bertz CT molecular complexity index is 284. The van der Waals surface area contributed by atoms with Crippen LogP contribution in [0.3, 0.4) is 0 Å². The molecule has 0 radical (unpaired) electrons. The van der Waals surface area contributed by atoms with Gasteiger partial charge in [-0.05, 0) is 6.42 Å². The highest BCUT2D eigenvalue weighted by atomic mass is 35.5. The monoisotopic (exact) mass is 232 g/mol. The Morgan fingerprint density at radius 1 is 1.50 bits per heavy atom. The average Bonchev–Trinajstić information content (AvgIpc) is 2.43. The van der Waals surface area contributed by atoms with Crippen LogP contribution < -0.4 is 0 Å². The van der Waals surface area contributed by atoms with Crippen LogP contribution in [-0.2, 0) is 11.3 Å². The van der Waals surface area contributed by atoms with Crippen molar-refractivity contribution < 1.29 is 4.74 Å². The molecule has 1 aromatic heterocycles. The third-order valence-electron chi connectivity index (χ3n) is 2.22. The molecular formula is C9H13ClN2OS. The van der Waals surface area contributed by atoms with Gasteiger partial charge in [0.25, 0.3) is 0 Å².